The van der Waals surface area contributed by atoms with Crippen molar-refractivity contribution in [2.24, 2.45) is 34.5 Å². The first-order chi connectivity index (χ1) is 15.4. The highest BCUT2D eigenvalue weighted by Gasteiger charge is 2.58. The van der Waals surface area contributed by atoms with E-state index in [2.05, 4.69) is 26.8 Å². The van der Waals surface area contributed by atoms with Crippen LogP contribution in [0.1, 0.15) is 130 Å². The van der Waals surface area contributed by atoms with Gasteiger partial charge in [-0.25, -0.2) is 0 Å². The Balaban J connectivity index is 1.38. The lowest BCUT2D eigenvalue weighted by atomic mass is 9.47. The molecule has 4 aliphatic rings. The maximum absolute atomic E-state index is 11.8. The van der Waals surface area contributed by atoms with Gasteiger partial charge in [0, 0.05) is 12.8 Å². The van der Waals surface area contributed by atoms with E-state index in [0.29, 0.717) is 17.3 Å². The van der Waals surface area contributed by atoms with Crippen molar-refractivity contribution in [3.8, 4) is 0 Å². The Morgan fingerprint density at radius 2 is 1.75 bits per heavy atom. The monoisotopic (exact) mass is 442 g/mol. The smallest absolute Gasteiger partial charge is 0.305 e. The van der Waals surface area contributed by atoms with E-state index in [9.17, 15) is 4.79 Å². The van der Waals surface area contributed by atoms with Gasteiger partial charge in [-0.1, -0.05) is 77.9 Å². The number of unbranched alkanes of at least 4 members (excludes halogenated alkanes) is 5. The number of ether oxygens (including phenoxy) is 1. The summed E-state index contributed by atoms with van der Waals surface area (Å²) < 4.78 is 5.76. The molecule has 2 heteroatoms. The summed E-state index contributed by atoms with van der Waals surface area (Å²) in [7, 11) is 0. The number of rotatable bonds is 9. The fourth-order valence-electron chi connectivity index (χ4n) is 8.75. The molecule has 7 atom stereocenters. The minimum absolute atomic E-state index is 0.0244. The number of carbonyl (C=O) groups is 1. The van der Waals surface area contributed by atoms with Gasteiger partial charge in [0.05, 0.1) is 0 Å². The molecular weight excluding hydrogens is 392 g/mol. The van der Waals surface area contributed by atoms with E-state index in [-0.39, 0.29) is 12.1 Å². The average molecular weight is 443 g/mol. The van der Waals surface area contributed by atoms with Crippen molar-refractivity contribution in [2.45, 2.75) is 137 Å². The van der Waals surface area contributed by atoms with Gasteiger partial charge in [0.1, 0.15) is 6.10 Å². The van der Waals surface area contributed by atoms with Crippen LogP contribution in [0.25, 0.3) is 0 Å². The molecule has 0 amide bonds. The van der Waals surface area contributed by atoms with Gasteiger partial charge in [0.2, 0.25) is 0 Å². The third-order valence-electron chi connectivity index (χ3n) is 10.7. The Hall–Kier alpha value is -0.790. The number of fused-ring (bicyclic) bond motifs is 5. The average Bonchev–Trinajstić information content (AvgIpc) is 3.12. The molecule has 0 unspecified atom stereocenters. The number of esters is 1. The fraction of sp³-hybridized carbons (Fsp3) is 0.900. The van der Waals surface area contributed by atoms with Crippen LogP contribution in [-0.2, 0) is 9.53 Å². The van der Waals surface area contributed by atoms with Crippen LogP contribution in [0.5, 0.6) is 0 Å². The first-order valence-corrected chi connectivity index (χ1v) is 14.3. The molecule has 3 saturated carbocycles. The zero-order valence-corrected chi connectivity index (χ0v) is 21.6. The predicted octanol–water partition coefficient (Wildman–Crippen LogP) is 8.64. The molecule has 32 heavy (non-hydrogen) atoms. The standard InChI is InChI=1S/C30H50O2/c1-5-7-8-9-10-11-12-22-14-16-26-25-15-13-23-21-24(32-28(31)6-2)17-19-30(23,4)27(25)18-20-29(22,26)3/h13,22,24-27H,5-12,14-21H2,1-4H3/t22-,24+,25+,26-,27-,29-,30+/m1/s1. The maximum Gasteiger partial charge on any atom is 0.305 e. The van der Waals surface area contributed by atoms with Crippen LogP contribution in [0.4, 0.5) is 0 Å². The van der Waals surface area contributed by atoms with Crippen molar-refractivity contribution < 1.29 is 9.53 Å². The highest BCUT2D eigenvalue weighted by Crippen LogP contribution is 2.66. The quantitative estimate of drug-likeness (QED) is 0.203. The van der Waals surface area contributed by atoms with E-state index in [1.54, 1.807) is 5.57 Å². The van der Waals surface area contributed by atoms with Crippen LogP contribution in [0, 0.1) is 34.5 Å². The molecule has 4 aliphatic carbocycles. The van der Waals surface area contributed by atoms with Gasteiger partial charge >= 0.3 is 5.97 Å². The largest absolute Gasteiger partial charge is 0.462 e. The number of hydrogen-bond acceptors (Lipinski definition) is 2. The highest BCUT2D eigenvalue weighted by molar-refractivity contribution is 5.69. The van der Waals surface area contributed by atoms with Crippen molar-refractivity contribution in [3.63, 3.8) is 0 Å². The summed E-state index contributed by atoms with van der Waals surface area (Å²) in [6, 6.07) is 0. The lowest BCUT2D eigenvalue weighted by Crippen LogP contribution is -2.50. The topological polar surface area (TPSA) is 26.3 Å². The molecule has 0 bridgehead atoms. The van der Waals surface area contributed by atoms with E-state index in [4.69, 9.17) is 4.74 Å². The Morgan fingerprint density at radius 3 is 2.53 bits per heavy atom. The molecular formula is C30H50O2. The third kappa shape index (κ3) is 4.58. The van der Waals surface area contributed by atoms with Gasteiger partial charge in [0.15, 0.2) is 0 Å². The second kappa shape index (κ2) is 10.2. The Kier molecular flexibility index (Phi) is 7.78. The molecule has 0 heterocycles. The van der Waals surface area contributed by atoms with Crippen molar-refractivity contribution >= 4 is 5.97 Å². The first-order valence-electron chi connectivity index (χ1n) is 14.3. The van der Waals surface area contributed by atoms with E-state index >= 15 is 0 Å². The lowest BCUT2D eigenvalue weighted by molar-refractivity contribution is -0.151. The molecule has 0 aromatic heterocycles. The van der Waals surface area contributed by atoms with E-state index in [1.807, 2.05) is 6.92 Å². The Morgan fingerprint density at radius 1 is 0.969 bits per heavy atom. The van der Waals surface area contributed by atoms with Gasteiger partial charge < -0.3 is 4.74 Å². The lowest BCUT2D eigenvalue weighted by Gasteiger charge is -2.58. The molecule has 182 valence electrons. The molecule has 2 nitrogen and oxygen atoms in total. The summed E-state index contributed by atoms with van der Waals surface area (Å²) >= 11 is 0. The molecule has 0 aliphatic heterocycles. The second-order valence-corrected chi connectivity index (χ2v) is 12.3. The van der Waals surface area contributed by atoms with Crippen molar-refractivity contribution in [1.29, 1.82) is 0 Å². The zero-order valence-electron chi connectivity index (χ0n) is 21.6. The summed E-state index contributed by atoms with van der Waals surface area (Å²) in [5, 5.41) is 0. The van der Waals surface area contributed by atoms with Crippen LogP contribution in [0.3, 0.4) is 0 Å². The second-order valence-electron chi connectivity index (χ2n) is 12.3. The molecule has 4 rings (SSSR count). The minimum atomic E-state index is -0.0244. The van der Waals surface area contributed by atoms with Crippen LogP contribution >= 0.6 is 0 Å². The predicted molar refractivity (Wildman–Crippen MR) is 133 cm³/mol. The zero-order chi connectivity index (χ0) is 22.8. The summed E-state index contributed by atoms with van der Waals surface area (Å²) in [4.78, 5) is 11.8. The number of hydrogen-bond donors (Lipinski definition) is 0. The van der Waals surface area contributed by atoms with Crippen LogP contribution < -0.4 is 0 Å². The molecule has 3 fully saturated rings. The molecule has 0 N–H and O–H groups in total. The minimum Gasteiger partial charge on any atom is -0.462 e. The third-order valence-corrected chi connectivity index (χ3v) is 10.7. The molecule has 0 spiro atoms. The Bertz CT molecular complexity index is 680. The van der Waals surface area contributed by atoms with E-state index < -0.39 is 0 Å². The molecule has 0 radical (unpaired) electrons. The van der Waals surface area contributed by atoms with Crippen LogP contribution in [-0.4, -0.2) is 12.1 Å². The fourth-order valence-corrected chi connectivity index (χ4v) is 8.75. The van der Waals surface area contributed by atoms with Gasteiger partial charge in [-0.15, -0.1) is 0 Å². The number of carbonyl (C=O) groups excluding carboxylic acids is 1. The number of allylic oxidation sites excluding steroid dienone is 1. The highest BCUT2D eigenvalue weighted by atomic mass is 16.5. The van der Waals surface area contributed by atoms with E-state index in [0.717, 1.165) is 36.5 Å². The van der Waals surface area contributed by atoms with Crippen molar-refractivity contribution in [1.82, 2.24) is 0 Å². The molecule has 0 aromatic rings. The van der Waals surface area contributed by atoms with Gasteiger partial charge in [-0.2, -0.15) is 0 Å². The van der Waals surface area contributed by atoms with Gasteiger partial charge in [0.25, 0.3) is 0 Å². The van der Waals surface area contributed by atoms with Crippen LogP contribution in [0.2, 0.25) is 0 Å². The van der Waals surface area contributed by atoms with Gasteiger partial charge in [-0.05, 0) is 85.9 Å². The maximum atomic E-state index is 11.8. The molecule has 0 saturated heterocycles. The van der Waals surface area contributed by atoms with E-state index in [1.165, 1.54) is 83.5 Å². The molecule has 0 aromatic carbocycles. The normalized spacial score (nSPS) is 40.8. The van der Waals surface area contributed by atoms with Gasteiger partial charge in [-0.3, -0.25) is 4.79 Å². The summed E-state index contributed by atoms with van der Waals surface area (Å²) in [5.41, 5.74) is 2.58. The van der Waals surface area contributed by atoms with Crippen molar-refractivity contribution in [2.75, 3.05) is 0 Å². The summed E-state index contributed by atoms with van der Waals surface area (Å²) in [5.74, 6) is 3.64. The summed E-state index contributed by atoms with van der Waals surface area (Å²) in [6.45, 7) is 9.47. The SMILES string of the molecule is CCCCCCCC[C@@H]1CC[C@@H]2[C@@H]3CC=C4C[C@@H](OC(=O)CC)CC[C@]4(C)[C@@H]3CC[C@]12C. The summed E-state index contributed by atoms with van der Waals surface area (Å²) in [6.07, 6.45) is 23.7. The van der Waals surface area contributed by atoms with Crippen molar-refractivity contribution in [3.05, 3.63) is 11.6 Å². The van der Waals surface area contributed by atoms with Crippen LogP contribution in [0.15, 0.2) is 11.6 Å². The first kappa shape index (κ1) is 24.3. The Labute approximate surface area is 198 Å².